The number of halogens is 1. The maximum atomic E-state index is 6.25. The molecule has 106 valence electrons. The Morgan fingerprint density at radius 3 is 2.57 bits per heavy atom. The van der Waals surface area contributed by atoms with Crippen LogP contribution in [-0.4, -0.2) is 10.2 Å². The van der Waals surface area contributed by atoms with Gasteiger partial charge in [0, 0.05) is 10.6 Å². The highest BCUT2D eigenvalue weighted by molar-refractivity contribution is 7.14. The molecule has 1 unspecified atom stereocenters. The summed E-state index contributed by atoms with van der Waals surface area (Å²) in [6.45, 7) is 1.98. The largest absolute Gasteiger partial charge is 0.318 e. The van der Waals surface area contributed by atoms with Gasteiger partial charge in [0.05, 0.1) is 6.04 Å². The van der Waals surface area contributed by atoms with Gasteiger partial charge in [-0.2, -0.15) is 0 Å². The van der Waals surface area contributed by atoms with E-state index in [9.17, 15) is 0 Å². The van der Waals surface area contributed by atoms with Gasteiger partial charge < -0.3 is 5.73 Å². The molecule has 0 saturated heterocycles. The predicted molar refractivity (Wildman–Crippen MR) is 87.6 cm³/mol. The second kappa shape index (κ2) is 5.93. The van der Waals surface area contributed by atoms with E-state index in [0.29, 0.717) is 0 Å². The van der Waals surface area contributed by atoms with E-state index >= 15 is 0 Å². The highest BCUT2D eigenvalue weighted by Gasteiger charge is 2.15. The predicted octanol–water partition coefficient (Wildman–Crippen LogP) is 4.22. The molecule has 1 atom stereocenters. The second-order valence-electron chi connectivity index (χ2n) is 4.80. The first-order chi connectivity index (χ1) is 10.1. The monoisotopic (exact) mass is 315 g/mol. The number of aromatic nitrogens is 2. The molecule has 2 aromatic carbocycles. The molecule has 0 aliphatic carbocycles. The Labute approximate surface area is 132 Å². The molecule has 0 spiro atoms. The summed E-state index contributed by atoms with van der Waals surface area (Å²) in [5.74, 6) is 0. The summed E-state index contributed by atoms with van der Waals surface area (Å²) in [4.78, 5) is 0. The van der Waals surface area contributed by atoms with Crippen LogP contribution in [0.1, 0.15) is 22.2 Å². The minimum atomic E-state index is -0.245. The third kappa shape index (κ3) is 2.97. The van der Waals surface area contributed by atoms with Crippen LogP contribution in [0.25, 0.3) is 10.6 Å². The van der Waals surface area contributed by atoms with E-state index in [4.69, 9.17) is 17.3 Å². The van der Waals surface area contributed by atoms with E-state index in [1.165, 1.54) is 11.3 Å². The molecule has 1 aromatic heterocycles. The van der Waals surface area contributed by atoms with E-state index < -0.39 is 0 Å². The molecular formula is C16H14ClN3S. The zero-order valence-corrected chi connectivity index (χ0v) is 13.0. The number of aryl methyl sites for hydroxylation is 1. The minimum Gasteiger partial charge on any atom is -0.318 e. The lowest BCUT2D eigenvalue weighted by Crippen LogP contribution is -2.11. The first-order valence-electron chi connectivity index (χ1n) is 6.55. The lowest BCUT2D eigenvalue weighted by atomic mass is 10.1. The van der Waals surface area contributed by atoms with Crippen molar-refractivity contribution in [3.63, 3.8) is 0 Å². The van der Waals surface area contributed by atoms with Crippen molar-refractivity contribution in [3.8, 4) is 10.6 Å². The van der Waals surface area contributed by atoms with Gasteiger partial charge in [-0.05, 0) is 30.2 Å². The van der Waals surface area contributed by atoms with Gasteiger partial charge in [0.15, 0.2) is 0 Å². The van der Waals surface area contributed by atoms with Crippen LogP contribution < -0.4 is 5.73 Å². The molecule has 0 bridgehead atoms. The number of hydrogen-bond donors (Lipinski definition) is 1. The van der Waals surface area contributed by atoms with Crippen LogP contribution in [-0.2, 0) is 0 Å². The Balaban J connectivity index is 1.91. The zero-order chi connectivity index (χ0) is 14.8. The molecule has 3 nitrogen and oxygen atoms in total. The van der Waals surface area contributed by atoms with Crippen molar-refractivity contribution in [1.82, 2.24) is 10.2 Å². The standard InChI is InChI=1S/C16H14ClN3S/c1-10-9-12(7-8-13(10)17)15-19-20-16(21-15)14(18)11-5-3-2-4-6-11/h2-9,14H,18H2,1H3. The van der Waals surface area contributed by atoms with Crippen molar-refractivity contribution >= 4 is 22.9 Å². The fraction of sp³-hybridized carbons (Fsp3) is 0.125. The summed E-state index contributed by atoms with van der Waals surface area (Å²) >= 11 is 7.56. The van der Waals surface area contributed by atoms with Gasteiger partial charge in [-0.25, -0.2) is 0 Å². The summed E-state index contributed by atoms with van der Waals surface area (Å²) in [5.41, 5.74) is 9.32. The van der Waals surface area contributed by atoms with E-state index in [0.717, 1.165) is 31.7 Å². The molecule has 21 heavy (non-hydrogen) atoms. The van der Waals surface area contributed by atoms with Gasteiger partial charge in [-0.1, -0.05) is 59.3 Å². The van der Waals surface area contributed by atoms with Crippen LogP contribution in [0.15, 0.2) is 48.5 Å². The summed E-state index contributed by atoms with van der Waals surface area (Å²) in [7, 11) is 0. The molecule has 0 aliphatic heterocycles. The number of benzene rings is 2. The van der Waals surface area contributed by atoms with Crippen molar-refractivity contribution in [1.29, 1.82) is 0 Å². The molecule has 3 rings (SSSR count). The van der Waals surface area contributed by atoms with Crippen LogP contribution in [0.3, 0.4) is 0 Å². The average Bonchev–Trinajstić information content (AvgIpc) is 3.00. The molecular weight excluding hydrogens is 302 g/mol. The summed E-state index contributed by atoms with van der Waals surface area (Å²) in [5, 5.41) is 10.9. The maximum absolute atomic E-state index is 6.25. The van der Waals surface area contributed by atoms with Crippen LogP contribution >= 0.6 is 22.9 Å². The Bertz CT molecular complexity index is 755. The maximum Gasteiger partial charge on any atom is 0.147 e. The zero-order valence-electron chi connectivity index (χ0n) is 11.5. The summed E-state index contributed by atoms with van der Waals surface area (Å²) in [6, 6.07) is 15.5. The van der Waals surface area contributed by atoms with E-state index in [2.05, 4.69) is 10.2 Å². The molecule has 0 radical (unpaired) electrons. The molecule has 0 fully saturated rings. The number of nitrogens with zero attached hydrogens (tertiary/aromatic N) is 2. The van der Waals surface area contributed by atoms with Gasteiger partial charge in [0.1, 0.15) is 10.0 Å². The number of hydrogen-bond acceptors (Lipinski definition) is 4. The van der Waals surface area contributed by atoms with E-state index in [1.807, 2.05) is 55.5 Å². The van der Waals surface area contributed by atoms with E-state index in [1.54, 1.807) is 0 Å². The number of rotatable bonds is 3. The van der Waals surface area contributed by atoms with Crippen molar-refractivity contribution in [3.05, 3.63) is 69.7 Å². The SMILES string of the molecule is Cc1cc(-c2nnc(C(N)c3ccccc3)s2)ccc1Cl. The van der Waals surface area contributed by atoms with Crippen LogP contribution in [0, 0.1) is 6.92 Å². The fourth-order valence-electron chi connectivity index (χ4n) is 2.06. The summed E-state index contributed by atoms with van der Waals surface area (Å²) in [6.07, 6.45) is 0. The Hall–Kier alpha value is -1.75. The second-order valence-corrected chi connectivity index (χ2v) is 6.21. The quantitative estimate of drug-likeness (QED) is 0.787. The Morgan fingerprint density at radius 1 is 1.10 bits per heavy atom. The topological polar surface area (TPSA) is 51.8 Å². The minimum absolute atomic E-state index is 0.245. The third-order valence-electron chi connectivity index (χ3n) is 3.27. The van der Waals surface area contributed by atoms with Gasteiger partial charge in [0.2, 0.25) is 0 Å². The number of nitrogens with two attached hydrogens (primary N) is 1. The van der Waals surface area contributed by atoms with Crippen LogP contribution in [0.4, 0.5) is 0 Å². The van der Waals surface area contributed by atoms with Crippen molar-refractivity contribution < 1.29 is 0 Å². The first-order valence-corrected chi connectivity index (χ1v) is 7.75. The van der Waals surface area contributed by atoms with Gasteiger partial charge in [-0.15, -0.1) is 10.2 Å². The molecule has 3 aromatic rings. The van der Waals surface area contributed by atoms with Crippen LogP contribution in [0.2, 0.25) is 5.02 Å². The van der Waals surface area contributed by atoms with Gasteiger partial charge in [-0.3, -0.25) is 0 Å². The normalized spacial score (nSPS) is 12.3. The highest BCUT2D eigenvalue weighted by Crippen LogP contribution is 2.30. The first kappa shape index (κ1) is 14.2. The molecule has 0 amide bonds. The molecule has 1 heterocycles. The lowest BCUT2D eigenvalue weighted by molar-refractivity contribution is 0.831. The Morgan fingerprint density at radius 2 is 1.86 bits per heavy atom. The van der Waals surface area contributed by atoms with Crippen molar-refractivity contribution in [2.45, 2.75) is 13.0 Å². The van der Waals surface area contributed by atoms with E-state index in [-0.39, 0.29) is 6.04 Å². The molecule has 0 saturated carbocycles. The molecule has 0 aliphatic rings. The van der Waals surface area contributed by atoms with Crippen LogP contribution in [0.5, 0.6) is 0 Å². The fourth-order valence-corrected chi connectivity index (χ4v) is 3.04. The Kier molecular flexibility index (Phi) is 4.01. The lowest BCUT2D eigenvalue weighted by Gasteiger charge is -2.07. The third-order valence-corrected chi connectivity index (χ3v) is 4.75. The average molecular weight is 316 g/mol. The molecule has 2 N–H and O–H groups in total. The summed E-state index contributed by atoms with van der Waals surface area (Å²) < 4.78 is 0. The van der Waals surface area contributed by atoms with Gasteiger partial charge >= 0.3 is 0 Å². The van der Waals surface area contributed by atoms with Crippen molar-refractivity contribution in [2.24, 2.45) is 5.73 Å². The van der Waals surface area contributed by atoms with Gasteiger partial charge in [0.25, 0.3) is 0 Å². The smallest absolute Gasteiger partial charge is 0.147 e. The molecule has 5 heteroatoms. The highest BCUT2D eigenvalue weighted by atomic mass is 35.5. The van der Waals surface area contributed by atoms with Crippen molar-refractivity contribution in [2.75, 3.05) is 0 Å².